The molecule has 1 aromatic carbocycles. The van der Waals surface area contributed by atoms with Gasteiger partial charge >= 0.3 is 0 Å². The van der Waals surface area contributed by atoms with E-state index >= 15 is 0 Å². The van der Waals surface area contributed by atoms with E-state index in [1.165, 1.54) is 43.2 Å². The third-order valence-corrected chi connectivity index (χ3v) is 4.36. The number of hydrogen-bond donors (Lipinski definition) is 1. The van der Waals surface area contributed by atoms with Crippen LogP contribution < -0.4 is 5.73 Å². The lowest BCUT2D eigenvalue weighted by molar-refractivity contribution is 0.222. The Morgan fingerprint density at radius 2 is 2.00 bits per heavy atom. The Bertz CT molecular complexity index is 350. The maximum atomic E-state index is 6.51. The second-order valence-electron chi connectivity index (χ2n) is 5.31. The van der Waals surface area contributed by atoms with E-state index in [2.05, 4.69) is 38.1 Å². The van der Waals surface area contributed by atoms with Gasteiger partial charge in [-0.25, -0.2) is 0 Å². The highest BCUT2D eigenvalue weighted by Crippen LogP contribution is 2.48. The first kappa shape index (κ1) is 11.7. The molecule has 88 valence electrons. The van der Waals surface area contributed by atoms with E-state index in [0.717, 1.165) is 0 Å². The van der Waals surface area contributed by atoms with Crippen molar-refractivity contribution in [3.8, 4) is 0 Å². The average molecular weight is 217 g/mol. The molecular weight excluding hydrogens is 194 g/mol. The molecule has 1 nitrogen and oxygen atoms in total. The van der Waals surface area contributed by atoms with Crippen LogP contribution in [0.4, 0.5) is 0 Å². The summed E-state index contributed by atoms with van der Waals surface area (Å²) in [6.45, 7) is 4.43. The summed E-state index contributed by atoms with van der Waals surface area (Å²) in [6, 6.07) is 8.93. The van der Waals surface area contributed by atoms with Crippen molar-refractivity contribution >= 4 is 0 Å². The fourth-order valence-electron chi connectivity index (χ4n) is 3.18. The number of benzene rings is 1. The molecule has 1 atom stereocenters. The summed E-state index contributed by atoms with van der Waals surface area (Å²) >= 11 is 0. The van der Waals surface area contributed by atoms with Gasteiger partial charge in [0.15, 0.2) is 0 Å². The number of nitrogens with two attached hydrogens (primary N) is 1. The van der Waals surface area contributed by atoms with Gasteiger partial charge < -0.3 is 5.73 Å². The molecule has 0 spiro atoms. The normalized spacial score (nSPS) is 20.9. The smallest absolute Gasteiger partial charge is 0.0352 e. The van der Waals surface area contributed by atoms with Gasteiger partial charge in [-0.05, 0) is 37.2 Å². The lowest BCUT2D eigenvalue weighted by atomic mass is 9.74. The summed E-state index contributed by atoms with van der Waals surface area (Å²) in [7, 11) is 0. The Balaban J connectivity index is 2.26. The first-order chi connectivity index (χ1) is 7.68. The van der Waals surface area contributed by atoms with Crippen molar-refractivity contribution < 1.29 is 0 Å². The van der Waals surface area contributed by atoms with Crippen LogP contribution >= 0.6 is 0 Å². The summed E-state index contributed by atoms with van der Waals surface area (Å²) < 4.78 is 0. The van der Waals surface area contributed by atoms with Crippen molar-refractivity contribution in [1.82, 2.24) is 0 Å². The Morgan fingerprint density at radius 1 is 1.31 bits per heavy atom. The summed E-state index contributed by atoms with van der Waals surface area (Å²) in [5.41, 5.74) is 9.52. The fourth-order valence-corrected chi connectivity index (χ4v) is 3.18. The summed E-state index contributed by atoms with van der Waals surface area (Å²) in [5.74, 6) is 0. The van der Waals surface area contributed by atoms with E-state index in [1.807, 2.05) is 0 Å². The SMILES string of the molecule is CCC1(C(N)c2cccc(C)c2)CCCC1. The summed E-state index contributed by atoms with van der Waals surface area (Å²) in [5, 5.41) is 0. The maximum absolute atomic E-state index is 6.51. The topological polar surface area (TPSA) is 26.0 Å². The number of rotatable bonds is 3. The molecule has 16 heavy (non-hydrogen) atoms. The Kier molecular flexibility index (Phi) is 3.34. The van der Waals surface area contributed by atoms with Gasteiger partial charge in [0.05, 0.1) is 0 Å². The van der Waals surface area contributed by atoms with Crippen LogP contribution in [0.15, 0.2) is 24.3 Å². The zero-order valence-electron chi connectivity index (χ0n) is 10.5. The minimum absolute atomic E-state index is 0.222. The molecule has 1 aliphatic rings. The zero-order valence-corrected chi connectivity index (χ0v) is 10.5. The molecule has 1 aliphatic carbocycles. The van der Waals surface area contributed by atoms with E-state index in [4.69, 9.17) is 5.73 Å². The molecule has 0 saturated heterocycles. The van der Waals surface area contributed by atoms with Crippen LogP contribution in [0.5, 0.6) is 0 Å². The maximum Gasteiger partial charge on any atom is 0.0352 e. The first-order valence-electron chi connectivity index (χ1n) is 6.50. The van der Waals surface area contributed by atoms with Crippen LogP contribution in [0, 0.1) is 12.3 Å². The predicted molar refractivity (Wildman–Crippen MR) is 69.3 cm³/mol. The van der Waals surface area contributed by atoms with Crippen LogP contribution in [0.1, 0.15) is 56.2 Å². The second-order valence-corrected chi connectivity index (χ2v) is 5.31. The Morgan fingerprint density at radius 3 is 2.56 bits per heavy atom. The van der Waals surface area contributed by atoms with Gasteiger partial charge in [-0.2, -0.15) is 0 Å². The highest BCUT2D eigenvalue weighted by molar-refractivity contribution is 5.26. The average Bonchev–Trinajstić information content (AvgIpc) is 2.78. The third kappa shape index (κ3) is 2.01. The second kappa shape index (κ2) is 4.58. The van der Waals surface area contributed by atoms with E-state index < -0.39 is 0 Å². The van der Waals surface area contributed by atoms with E-state index in [0.29, 0.717) is 5.41 Å². The highest BCUT2D eigenvalue weighted by atomic mass is 14.7. The van der Waals surface area contributed by atoms with Crippen molar-refractivity contribution in [3.63, 3.8) is 0 Å². The summed E-state index contributed by atoms with van der Waals surface area (Å²) in [4.78, 5) is 0. The van der Waals surface area contributed by atoms with Crippen LogP contribution in [0.2, 0.25) is 0 Å². The van der Waals surface area contributed by atoms with Gasteiger partial charge in [-0.1, -0.05) is 49.6 Å². The standard InChI is InChI=1S/C15H23N/c1-3-15(9-4-5-10-15)14(16)13-8-6-7-12(2)11-13/h6-8,11,14H,3-5,9-10,16H2,1-2H3. The molecule has 1 heteroatoms. The number of hydrogen-bond acceptors (Lipinski definition) is 1. The number of aryl methyl sites for hydroxylation is 1. The van der Waals surface area contributed by atoms with Gasteiger partial charge in [0.25, 0.3) is 0 Å². The molecule has 1 saturated carbocycles. The molecule has 1 unspecified atom stereocenters. The molecule has 0 amide bonds. The molecule has 2 rings (SSSR count). The van der Waals surface area contributed by atoms with Crippen molar-refractivity contribution in [2.75, 3.05) is 0 Å². The lowest BCUT2D eigenvalue weighted by Crippen LogP contribution is -2.31. The minimum Gasteiger partial charge on any atom is -0.323 e. The van der Waals surface area contributed by atoms with Gasteiger partial charge in [-0.15, -0.1) is 0 Å². The predicted octanol–water partition coefficient (Wildman–Crippen LogP) is 3.97. The van der Waals surface area contributed by atoms with Crippen molar-refractivity contribution in [1.29, 1.82) is 0 Å². The summed E-state index contributed by atoms with van der Waals surface area (Å²) in [6.07, 6.45) is 6.53. The fraction of sp³-hybridized carbons (Fsp3) is 0.600. The van der Waals surface area contributed by atoms with E-state index in [9.17, 15) is 0 Å². The quantitative estimate of drug-likeness (QED) is 0.814. The van der Waals surface area contributed by atoms with E-state index in [-0.39, 0.29) is 6.04 Å². The third-order valence-electron chi connectivity index (χ3n) is 4.36. The highest BCUT2D eigenvalue weighted by Gasteiger charge is 2.38. The monoisotopic (exact) mass is 217 g/mol. The Hall–Kier alpha value is -0.820. The van der Waals surface area contributed by atoms with Gasteiger partial charge in [0.2, 0.25) is 0 Å². The minimum atomic E-state index is 0.222. The molecule has 2 N–H and O–H groups in total. The lowest BCUT2D eigenvalue weighted by Gasteiger charge is -2.34. The van der Waals surface area contributed by atoms with E-state index in [1.54, 1.807) is 0 Å². The Labute approximate surface area is 99.0 Å². The van der Waals surface area contributed by atoms with Gasteiger partial charge in [-0.3, -0.25) is 0 Å². The molecule has 0 radical (unpaired) electrons. The van der Waals surface area contributed by atoms with Crippen LogP contribution in [-0.2, 0) is 0 Å². The zero-order chi connectivity index (χ0) is 11.6. The van der Waals surface area contributed by atoms with Gasteiger partial charge in [0, 0.05) is 6.04 Å². The molecule has 0 aliphatic heterocycles. The molecule has 0 heterocycles. The van der Waals surface area contributed by atoms with Crippen LogP contribution in [-0.4, -0.2) is 0 Å². The van der Waals surface area contributed by atoms with Crippen molar-refractivity contribution in [2.45, 2.75) is 52.0 Å². The largest absolute Gasteiger partial charge is 0.323 e. The molecule has 0 aromatic heterocycles. The molecule has 0 bridgehead atoms. The molecule has 1 fully saturated rings. The van der Waals surface area contributed by atoms with Crippen LogP contribution in [0.3, 0.4) is 0 Å². The first-order valence-corrected chi connectivity index (χ1v) is 6.50. The molecule has 1 aromatic rings. The van der Waals surface area contributed by atoms with Crippen LogP contribution in [0.25, 0.3) is 0 Å². The molecular formula is C15H23N. The van der Waals surface area contributed by atoms with Gasteiger partial charge in [0.1, 0.15) is 0 Å². The van der Waals surface area contributed by atoms with Crippen molar-refractivity contribution in [2.24, 2.45) is 11.1 Å². The van der Waals surface area contributed by atoms with Crippen molar-refractivity contribution in [3.05, 3.63) is 35.4 Å².